The van der Waals surface area contributed by atoms with E-state index in [0.29, 0.717) is 12.3 Å². The number of aliphatic hydroxyl groups is 1. The summed E-state index contributed by atoms with van der Waals surface area (Å²) in [6, 6.07) is 17.9. The van der Waals surface area contributed by atoms with E-state index in [1.807, 2.05) is 54.6 Å². The fourth-order valence-electron chi connectivity index (χ4n) is 4.33. The van der Waals surface area contributed by atoms with Gasteiger partial charge >= 0.3 is 0 Å². The summed E-state index contributed by atoms with van der Waals surface area (Å²) < 4.78 is 7.23. The minimum absolute atomic E-state index is 0.588. The molecule has 1 aromatic carbocycles. The van der Waals surface area contributed by atoms with Gasteiger partial charge in [0.1, 0.15) is 11.2 Å². The topological polar surface area (TPSA) is 59.7 Å². The molecule has 3 aromatic heterocycles. The van der Waals surface area contributed by atoms with E-state index < -0.39 is 5.60 Å². The van der Waals surface area contributed by atoms with E-state index in [0.717, 1.165) is 53.0 Å². The molecule has 29 heavy (non-hydrogen) atoms. The average Bonchev–Trinajstić information content (AvgIpc) is 3.06. The van der Waals surface area contributed by atoms with Gasteiger partial charge in [0.2, 0.25) is 5.88 Å². The second-order valence-electron chi connectivity index (χ2n) is 7.58. The van der Waals surface area contributed by atoms with Gasteiger partial charge in [-0.3, -0.25) is 4.40 Å². The number of hydrogen-bond donors (Lipinski definition) is 1. The fraction of sp³-hybridized carbons (Fsp3) is 0.250. The van der Waals surface area contributed by atoms with Crippen LogP contribution < -0.4 is 4.74 Å². The molecule has 0 fully saturated rings. The van der Waals surface area contributed by atoms with E-state index in [2.05, 4.69) is 15.6 Å². The van der Waals surface area contributed by atoms with Crippen molar-refractivity contribution in [1.29, 1.82) is 0 Å². The van der Waals surface area contributed by atoms with Gasteiger partial charge in [0, 0.05) is 29.6 Å². The third-order valence-corrected chi connectivity index (χ3v) is 5.81. The Morgan fingerprint density at radius 2 is 1.83 bits per heavy atom. The van der Waals surface area contributed by atoms with Crippen molar-refractivity contribution >= 4 is 5.65 Å². The zero-order valence-corrected chi connectivity index (χ0v) is 16.4. The summed E-state index contributed by atoms with van der Waals surface area (Å²) in [6.07, 6.45) is 7.42. The Kier molecular flexibility index (Phi) is 4.32. The first-order valence-electron chi connectivity index (χ1n) is 9.99. The molecule has 1 atom stereocenters. The first-order valence-corrected chi connectivity index (χ1v) is 9.99. The molecule has 1 aliphatic rings. The zero-order chi connectivity index (χ0) is 19.8. The molecule has 3 heterocycles. The molecule has 1 aliphatic carbocycles. The number of imidazole rings is 1. The van der Waals surface area contributed by atoms with Crippen molar-refractivity contribution in [2.75, 3.05) is 7.11 Å². The molecule has 0 saturated carbocycles. The molecule has 1 N–H and O–H groups in total. The molecule has 1 unspecified atom stereocenters. The molecule has 0 saturated heterocycles. The van der Waals surface area contributed by atoms with Crippen LogP contribution >= 0.6 is 0 Å². The Labute approximate surface area is 169 Å². The van der Waals surface area contributed by atoms with E-state index in [-0.39, 0.29) is 0 Å². The summed E-state index contributed by atoms with van der Waals surface area (Å²) in [5.41, 5.74) is 4.61. The Hall–Kier alpha value is -3.18. The van der Waals surface area contributed by atoms with Crippen LogP contribution in [0.25, 0.3) is 16.8 Å². The van der Waals surface area contributed by atoms with Crippen LogP contribution in [-0.2, 0) is 12.0 Å². The maximum absolute atomic E-state index is 11.9. The van der Waals surface area contributed by atoms with Crippen LogP contribution in [0.15, 0.2) is 67.0 Å². The standard InChI is InChI=1S/C24H23N3O2/c1-29-22-13-11-17(15-25-22)18-10-12-21-26-20-9-5-6-14-24(28,23(20)27(21)16-18)19-7-3-2-4-8-19/h2-4,7-8,10-13,15-16,28H,5-6,9,14H2,1H3. The number of benzene rings is 1. The summed E-state index contributed by atoms with van der Waals surface area (Å²) in [4.78, 5) is 9.19. The van der Waals surface area contributed by atoms with Crippen molar-refractivity contribution in [2.24, 2.45) is 0 Å². The highest BCUT2D eigenvalue weighted by Gasteiger charge is 2.38. The zero-order valence-electron chi connectivity index (χ0n) is 16.4. The van der Waals surface area contributed by atoms with Crippen LogP contribution in [0.4, 0.5) is 0 Å². The summed E-state index contributed by atoms with van der Waals surface area (Å²) in [5, 5.41) is 11.9. The predicted octanol–water partition coefficient (Wildman–Crippen LogP) is 4.37. The lowest BCUT2D eigenvalue weighted by Crippen LogP contribution is -2.29. The molecule has 0 amide bonds. The van der Waals surface area contributed by atoms with Crippen LogP contribution in [0, 0.1) is 0 Å². The molecule has 4 aromatic rings. The first kappa shape index (κ1) is 17.9. The summed E-state index contributed by atoms with van der Waals surface area (Å²) in [6.45, 7) is 0. The van der Waals surface area contributed by atoms with E-state index in [9.17, 15) is 5.11 Å². The molecule has 146 valence electrons. The highest BCUT2D eigenvalue weighted by Crippen LogP contribution is 2.40. The maximum atomic E-state index is 11.9. The normalized spacial score (nSPS) is 19.0. The monoisotopic (exact) mass is 385 g/mol. The molecule has 5 heteroatoms. The van der Waals surface area contributed by atoms with Crippen molar-refractivity contribution in [1.82, 2.24) is 14.4 Å². The minimum atomic E-state index is -1.05. The maximum Gasteiger partial charge on any atom is 0.212 e. The van der Waals surface area contributed by atoms with Crippen molar-refractivity contribution in [3.8, 4) is 17.0 Å². The number of aryl methyl sites for hydroxylation is 1. The molecule has 0 aliphatic heterocycles. The third-order valence-electron chi connectivity index (χ3n) is 5.81. The smallest absolute Gasteiger partial charge is 0.212 e. The number of fused-ring (bicyclic) bond motifs is 3. The minimum Gasteiger partial charge on any atom is -0.481 e. The summed E-state index contributed by atoms with van der Waals surface area (Å²) >= 11 is 0. The van der Waals surface area contributed by atoms with Gasteiger partial charge in [0.05, 0.1) is 18.5 Å². The lowest BCUT2D eigenvalue weighted by Gasteiger charge is -2.28. The molecular weight excluding hydrogens is 362 g/mol. The Bertz CT molecular complexity index is 1150. The van der Waals surface area contributed by atoms with Crippen molar-refractivity contribution < 1.29 is 9.84 Å². The quantitative estimate of drug-likeness (QED) is 0.532. The Morgan fingerprint density at radius 3 is 2.59 bits per heavy atom. The molecule has 0 bridgehead atoms. The SMILES string of the molecule is COc1ccc(-c2ccc3nc4c(n3c2)C(O)(c2ccccc2)CCCC4)cn1. The molecule has 0 radical (unpaired) electrons. The average molecular weight is 385 g/mol. The van der Waals surface area contributed by atoms with Gasteiger partial charge in [0.15, 0.2) is 0 Å². The second kappa shape index (κ2) is 7.01. The van der Waals surface area contributed by atoms with Crippen LogP contribution in [-0.4, -0.2) is 26.6 Å². The summed E-state index contributed by atoms with van der Waals surface area (Å²) in [5.74, 6) is 0.588. The van der Waals surface area contributed by atoms with Gasteiger partial charge in [-0.05, 0) is 49.4 Å². The van der Waals surface area contributed by atoms with E-state index in [1.165, 1.54) is 0 Å². The van der Waals surface area contributed by atoms with Gasteiger partial charge < -0.3 is 9.84 Å². The van der Waals surface area contributed by atoms with Crippen LogP contribution in [0.1, 0.15) is 36.2 Å². The highest BCUT2D eigenvalue weighted by molar-refractivity contribution is 5.65. The Morgan fingerprint density at radius 1 is 1.00 bits per heavy atom. The summed E-state index contributed by atoms with van der Waals surface area (Å²) in [7, 11) is 1.61. The lowest BCUT2D eigenvalue weighted by molar-refractivity contribution is 0.0651. The molecule has 5 nitrogen and oxygen atoms in total. The lowest BCUT2D eigenvalue weighted by atomic mass is 9.86. The molecular formula is C24H23N3O2. The number of nitrogens with zero attached hydrogens (tertiary/aromatic N) is 3. The molecule has 0 spiro atoms. The highest BCUT2D eigenvalue weighted by atomic mass is 16.5. The van der Waals surface area contributed by atoms with E-state index >= 15 is 0 Å². The first-order chi connectivity index (χ1) is 14.2. The predicted molar refractivity (Wildman–Crippen MR) is 112 cm³/mol. The van der Waals surface area contributed by atoms with E-state index in [4.69, 9.17) is 9.72 Å². The van der Waals surface area contributed by atoms with Crippen molar-refractivity contribution in [3.63, 3.8) is 0 Å². The fourth-order valence-corrected chi connectivity index (χ4v) is 4.33. The number of methoxy groups -OCH3 is 1. The van der Waals surface area contributed by atoms with Gasteiger partial charge in [-0.2, -0.15) is 0 Å². The number of hydrogen-bond acceptors (Lipinski definition) is 4. The van der Waals surface area contributed by atoms with Gasteiger partial charge in [0.25, 0.3) is 0 Å². The number of rotatable bonds is 3. The van der Waals surface area contributed by atoms with Gasteiger partial charge in [-0.25, -0.2) is 9.97 Å². The third kappa shape index (κ3) is 2.98. The van der Waals surface area contributed by atoms with Crippen molar-refractivity contribution in [2.45, 2.75) is 31.3 Å². The molecule has 5 rings (SSSR count). The Balaban J connectivity index is 1.70. The van der Waals surface area contributed by atoms with E-state index in [1.54, 1.807) is 13.3 Å². The number of ether oxygens (including phenoxy) is 1. The van der Waals surface area contributed by atoms with Crippen LogP contribution in [0.2, 0.25) is 0 Å². The largest absolute Gasteiger partial charge is 0.481 e. The van der Waals surface area contributed by atoms with Crippen molar-refractivity contribution in [3.05, 3.63) is 83.9 Å². The van der Waals surface area contributed by atoms with Gasteiger partial charge in [-0.1, -0.05) is 30.3 Å². The second-order valence-corrected chi connectivity index (χ2v) is 7.58. The number of pyridine rings is 2. The van der Waals surface area contributed by atoms with Gasteiger partial charge in [-0.15, -0.1) is 0 Å². The van der Waals surface area contributed by atoms with Crippen LogP contribution in [0.3, 0.4) is 0 Å². The number of aromatic nitrogens is 3. The van der Waals surface area contributed by atoms with Crippen LogP contribution in [0.5, 0.6) is 5.88 Å².